The van der Waals surface area contributed by atoms with E-state index in [0.29, 0.717) is 22.8 Å². The molecular formula is C25H29N7O3. The largest absolute Gasteiger partial charge is 0.495 e. The molecular weight excluding hydrogens is 446 g/mol. The average molecular weight is 476 g/mol. The lowest BCUT2D eigenvalue weighted by Crippen LogP contribution is -2.27. The van der Waals surface area contributed by atoms with E-state index in [-0.39, 0.29) is 0 Å². The Kier molecular flexibility index (Phi) is 6.21. The van der Waals surface area contributed by atoms with Gasteiger partial charge in [0.2, 0.25) is 0 Å². The number of ether oxygens (including phenoxy) is 2. The third kappa shape index (κ3) is 4.96. The molecule has 0 bridgehead atoms. The van der Waals surface area contributed by atoms with Crippen molar-refractivity contribution in [3.63, 3.8) is 0 Å². The highest BCUT2D eigenvalue weighted by atomic mass is 16.6. The number of nitrogens with two attached hydrogens (primary N) is 1. The minimum atomic E-state index is -0.615. The Hall–Kier alpha value is -4.34. The van der Waals surface area contributed by atoms with Gasteiger partial charge >= 0.3 is 6.09 Å². The summed E-state index contributed by atoms with van der Waals surface area (Å²) in [7, 11) is 5.42. The SMILES string of the molecule is COc1cc(-c2cc(-c3ccc(N(C)C)nc3)n3ncnc(N)c23)ccc1NC(=O)OC(C)(C)C. The molecule has 0 saturated heterocycles. The summed E-state index contributed by atoms with van der Waals surface area (Å²) in [6.45, 7) is 5.41. The number of nitrogens with one attached hydrogen (secondary N) is 1. The van der Waals surface area contributed by atoms with Gasteiger partial charge in [-0.1, -0.05) is 6.07 Å². The highest BCUT2D eigenvalue weighted by Crippen LogP contribution is 2.38. The second-order valence-electron chi connectivity index (χ2n) is 9.19. The van der Waals surface area contributed by atoms with E-state index in [2.05, 4.69) is 20.4 Å². The lowest BCUT2D eigenvalue weighted by Gasteiger charge is -2.20. The van der Waals surface area contributed by atoms with Crippen molar-refractivity contribution in [3.05, 3.63) is 48.9 Å². The van der Waals surface area contributed by atoms with E-state index in [1.54, 1.807) is 37.5 Å². The van der Waals surface area contributed by atoms with Gasteiger partial charge in [-0.2, -0.15) is 5.10 Å². The van der Waals surface area contributed by atoms with Gasteiger partial charge in [0, 0.05) is 31.4 Å². The molecule has 1 aromatic carbocycles. The van der Waals surface area contributed by atoms with Gasteiger partial charge in [0.25, 0.3) is 0 Å². The van der Waals surface area contributed by atoms with Crippen LogP contribution < -0.4 is 20.7 Å². The van der Waals surface area contributed by atoms with Gasteiger partial charge in [-0.05, 0) is 56.7 Å². The molecule has 0 unspecified atom stereocenters. The molecule has 3 heterocycles. The molecule has 3 aromatic heterocycles. The molecule has 0 aliphatic rings. The first-order valence-electron chi connectivity index (χ1n) is 11.0. The zero-order valence-corrected chi connectivity index (χ0v) is 20.7. The number of fused-ring (bicyclic) bond motifs is 1. The van der Waals surface area contributed by atoms with Crippen LogP contribution in [0.2, 0.25) is 0 Å². The van der Waals surface area contributed by atoms with Crippen molar-refractivity contribution < 1.29 is 14.3 Å². The van der Waals surface area contributed by atoms with Crippen molar-refractivity contribution in [1.29, 1.82) is 0 Å². The van der Waals surface area contributed by atoms with Crippen molar-refractivity contribution in [2.75, 3.05) is 37.2 Å². The zero-order valence-electron chi connectivity index (χ0n) is 20.7. The lowest BCUT2D eigenvalue weighted by molar-refractivity contribution is 0.0635. The van der Waals surface area contributed by atoms with E-state index in [1.807, 2.05) is 49.3 Å². The van der Waals surface area contributed by atoms with Crippen LogP contribution in [0.3, 0.4) is 0 Å². The van der Waals surface area contributed by atoms with E-state index < -0.39 is 11.7 Å². The number of amides is 1. The molecule has 0 fully saturated rings. The van der Waals surface area contributed by atoms with Crippen molar-refractivity contribution in [1.82, 2.24) is 19.6 Å². The summed E-state index contributed by atoms with van der Waals surface area (Å²) in [5.41, 5.74) is 10.1. The van der Waals surface area contributed by atoms with E-state index in [9.17, 15) is 4.79 Å². The number of carbonyl (C=O) groups is 1. The number of anilines is 3. The quantitative estimate of drug-likeness (QED) is 0.434. The van der Waals surface area contributed by atoms with E-state index in [1.165, 1.54) is 13.4 Å². The minimum absolute atomic E-state index is 0.342. The molecule has 0 aliphatic carbocycles. The Morgan fingerprint density at radius 3 is 2.46 bits per heavy atom. The maximum absolute atomic E-state index is 12.3. The summed E-state index contributed by atoms with van der Waals surface area (Å²) >= 11 is 0. The molecule has 0 radical (unpaired) electrons. The Balaban J connectivity index is 1.78. The number of hydrogen-bond donors (Lipinski definition) is 2. The summed E-state index contributed by atoms with van der Waals surface area (Å²) < 4.78 is 12.7. The van der Waals surface area contributed by atoms with Crippen molar-refractivity contribution in [3.8, 4) is 28.1 Å². The fourth-order valence-electron chi connectivity index (χ4n) is 3.67. The summed E-state index contributed by atoms with van der Waals surface area (Å²) in [6.07, 6.45) is 2.66. The van der Waals surface area contributed by atoms with Crippen molar-refractivity contribution in [2.24, 2.45) is 0 Å². The molecule has 4 aromatic rings. The van der Waals surface area contributed by atoms with Crippen LogP contribution in [-0.4, -0.2) is 52.5 Å². The number of aromatic nitrogens is 4. The van der Waals surface area contributed by atoms with Crippen LogP contribution in [0.1, 0.15) is 20.8 Å². The number of nitrogens with zero attached hydrogens (tertiary/aromatic N) is 5. The van der Waals surface area contributed by atoms with Gasteiger partial charge in [-0.25, -0.2) is 19.3 Å². The Labute approximate surface area is 203 Å². The zero-order chi connectivity index (χ0) is 25.3. The molecule has 182 valence electrons. The lowest BCUT2D eigenvalue weighted by atomic mass is 10.0. The fourth-order valence-corrected chi connectivity index (χ4v) is 3.67. The molecule has 4 rings (SSSR count). The standard InChI is InChI=1S/C25H29N7O3/c1-25(2,3)35-24(33)30-18-9-7-15(11-20(18)34-6)17-12-19(32-22(17)23(26)28-14-29-32)16-8-10-21(27-13-16)31(4)5/h7-14H,1-6H3,(H,30,33)(H2,26,28,29). The number of pyridine rings is 1. The molecule has 0 saturated carbocycles. The molecule has 0 spiro atoms. The first-order chi connectivity index (χ1) is 16.6. The summed E-state index contributed by atoms with van der Waals surface area (Å²) in [5.74, 6) is 1.66. The number of hydrogen-bond acceptors (Lipinski definition) is 8. The van der Waals surface area contributed by atoms with Crippen LogP contribution >= 0.6 is 0 Å². The second-order valence-corrected chi connectivity index (χ2v) is 9.19. The van der Waals surface area contributed by atoms with Crippen molar-refractivity contribution in [2.45, 2.75) is 26.4 Å². The molecule has 10 nitrogen and oxygen atoms in total. The molecule has 1 amide bonds. The van der Waals surface area contributed by atoms with Crippen LogP contribution in [0.5, 0.6) is 5.75 Å². The summed E-state index contributed by atoms with van der Waals surface area (Å²) in [4.78, 5) is 22.9. The highest BCUT2D eigenvalue weighted by Gasteiger charge is 2.20. The molecule has 3 N–H and O–H groups in total. The predicted molar refractivity (Wildman–Crippen MR) is 137 cm³/mol. The molecule has 0 aliphatic heterocycles. The van der Waals surface area contributed by atoms with Crippen LogP contribution in [0.25, 0.3) is 27.9 Å². The fraction of sp³-hybridized carbons (Fsp3) is 0.280. The first kappa shape index (κ1) is 23.8. The topological polar surface area (TPSA) is 120 Å². The van der Waals surface area contributed by atoms with Crippen LogP contribution in [0.4, 0.5) is 22.1 Å². The number of benzene rings is 1. The maximum Gasteiger partial charge on any atom is 0.412 e. The second kappa shape index (κ2) is 9.13. The molecule has 35 heavy (non-hydrogen) atoms. The van der Waals surface area contributed by atoms with Gasteiger partial charge in [0.15, 0.2) is 5.82 Å². The highest BCUT2D eigenvalue weighted by molar-refractivity contribution is 5.94. The number of carbonyl (C=O) groups excluding carboxylic acids is 1. The number of nitrogen functional groups attached to an aromatic ring is 1. The van der Waals surface area contributed by atoms with E-state index >= 15 is 0 Å². The number of methoxy groups -OCH3 is 1. The first-order valence-corrected chi connectivity index (χ1v) is 11.0. The van der Waals surface area contributed by atoms with Gasteiger partial charge in [-0.3, -0.25) is 5.32 Å². The van der Waals surface area contributed by atoms with Gasteiger partial charge in [0.1, 0.15) is 29.0 Å². The van der Waals surface area contributed by atoms with Crippen LogP contribution in [-0.2, 0) is 4.74 Å². The molecule has 10 heteroatoms. The van der Waals surface area contributed by atoms with E-state index in [4.69, 9.17) is 15.2 Å². The predicted octanol–water partition coefficient (Wildman–Crippen LogP) is 4.46. The summed E-state index contributed by atoms with van der Waals surface area (Å²) in [6, 6.07) is 11.4. The van der Waals surface area contributed by atoms with Gasteiger partial charge in [0.05, 0.1) is 18.5 Å². The van der Waals surface area contributed by atoms with Crippen LogP contribution in [0, 0.1) is 0 Å². The normalized spacial score (nSPS) is 11.4. The van der Waals surface area contributed by atoms with E-state index in [0.717, 1.165) is 28.2 Å². The monoisotopic (exact) mass is 475 g/mol. The minimum Gasteiger partial charge on any atom is -0.495 e. The third-order valence-electron chi connectivity index (χ3n) is 5.23. The van der Waals surface area contributed by atoms with Gasteiger partial charge < -0.3 is 20.1 Å². The maximum atomic E-state index is 12.3. The van der Waals surface area contributed by atoms with Gasteiger partial charge in [-0.15, -0.1) is 0 Å². The Morgan fingerprint density at radius 2 is 1.83 bits per heavy atom. The van der Waals surface area contributed by atoms with Crippen LogP contribution in [0.15, 0.2) is 48.9 Å². The Bertz CT molecular complexity index is 1370. The summed E-state index contributed by atoms with van der Waals surface area (Å²) in [5, 5.41) is 7.18. The average Bonchev–Trinajstić information content (AvgIpc) is 3.19. The number of rotatable bonds is 5. The smallest absolute Gasteiger partial charge is 0.412 e. The third-order valence-corrected chi connectivity index (χ3v) is 5.23. The van der Waals surface area contributed by atoms with Crippen molar-refractivity contribution >= 4 is 28.9 Å². The molecule has 0 atom stereocenters. The Morgan fingerprint density at radius 1 is 1.09 bits per heavy atom.